The summed E-state index contributed by atoms with van der Waals surface area (Å²) in [6.07, 6.45) is 3.14. The summed E-state index contributed by atoms with van der Waals surface area (Å²) in [6, 6.07) is 0.292. The van der Waals surface area contributed by atoms with E-state index in [1.54, 1.807) is 18.1 Å². The average Bonchev–Trinajstić information content (AvgIpc) is 2.15. The maximum atomic E-state index is 11.9. The lowest BCUT2D eigenvalue weighted by atomic mass is 10.1. The number of halogens is 2. The number of hydrogen-bond donors (Lipinski definition) is 1. The van der Waals surface area contributed by atoms with Crippen molar-refractivity contribution in [1.82, 2.24) is 20.2 Å². The molecule has 1 aliphatic heterocycles. The van der Waals surface area contributed by atoms with Gasteiger partial charge in [-0.1, -0.05) is 0 Å². The Bertz CT molecular complexity index is 367. The van der Waals surface area contributed by atoms with Crippen LogP contribution in [0.15, 0.2) is 12.4 Å². The maximum absolute atomic E-state index is 11.9. The summed E-state index contributed by atoms with van der Waals surface area (Å²) in [5, 5.41) is 3.13. The van der Waals surface area contributed by atoms with E-state index in [9.17, 15) is 4.79 Å². The second-order valence-corrected chi connectivity index (χ2v) is 3.77. The van der Waals surface area contributed by atoms with Crippen molar-refractivity contribution in [3.05, 3.63) is 23.8 Å². The van der Waals surface area contributed by atoms with E-state index in [0.29, 0.717) is 11.7 Å². The van der Waals surface area contributed by atoms with Gasteiger partial charge in [-0.25, -0.2) is 4.98 Å². The van der Waals surface area contributed by atoms with Crippen LogP contribution in [-0.4, -0.2) is 47.0 Å². The van der Waals surface area contributed by atoms with Gasteiger partial charge in [-0.05, 0) is 6.92 Å². The zero-order valence-corrected chi connectivity index (χ0v) is 11.3. The van der Waals surface area contributed by atoms with Gasteiger partial charge in [-0.2, -0.15) is 0 Å². The number of hydrogen-bond acceptors (Lipinski definition) is 4. The van der Waals surface area contributed by atoms with Gasteiger partial charge < -0.3 is 10.2 Å². The Morgan fingerprint density at radius 1 is 1.35 bits per heavy atom. The van der Waals surface area contributed by atoms with E-state index in [4.69, 9.17) is 0 Å². The third kappa shape index (κ3) is 3.52. The number of amides is 1. The van der Waals surface area contributed by atoms with Crippen LogP contribution in [0.25, 0.3) is 0 Å². The minimum absolute atomic E-state index is 0. The van der Waals surface area contributed by atoms with Crippen molar-refractivity contribution >= 4 is 30.7 Å². The second kappa shape index (κ2) is 6.74. The predicted octanol–water partition coefficient (Wildman–Crippen LogP) is 0.672. The van der Waals surface area contributed by atoms with Crippen molar-refractivity contribution in [3.8, 4) is 0 Å². The van der Waals surface area contributed by atoms with Crippen LogP contribution in [0.5, 0.6) is 0 Å². The molecule has 1 N–H and O–H groups in total. The van der Waals surface area contributed by atoms with Gasteiger partial charge in [0, 0.05) is 26.3 Å². The van der Waals surface area contributed by atoms with Crippen molar-refractivity contribution in [2.45, 2.75) is 13.0 Å². The van der Waals surface area contributed by atoms with Crippen LogP contribution >= 0.6 is 24.8 Å². The summed E-state index contributed by atoms with van der Waals surface area (Å²) >= 11 is 0. The summed E-state index contributed by atoms with van der Waals surface area (Å²) in [7, 11) is 1.80. The molecule has 7 heteroatoms. The first-order chi connectivity index (χ1) is 7.18. The number of likely N-dealkylation sites (N-methyl/N-ethyl adjacent to an activating group) is 1. The Balaban J connectivity index is 0.00000128. The predicted molar refractivity (Wildman–Crippen MR) is 70.0 cm³/mol. The van der Waals surface area contributed by atoms with Crippen molar-refractivity contribution < 1.29 is 4.79 Å². The van der Waals surface area contributed by atoms with E-state index in [1.807, 2.05) is 6.92 Å². The Morgan fingerprint density at radius 3 is 2.41 bits per heavy atom. The maximum Gasteiger partial charge on any atom is 0.274 e. The molecule has 1 aromatic rings. The highest BCUT2D eigenvalue weighted by atomic mass is 35.5. The minimum Gasteiger partial charge on any atom is -0.335 e. The van der Waals surface area contributed by atoms with Gasteiger partial charge in [0.1, 0.15) is 5.69 Å². The summed E-state index contributed by atoms with van der Waals surface area (Å²) in [4.78, 5) is 21.7. The molecule has 0 unspecified atom stereocenters. The van der Waals surface area contributed by atoms with Gasteiger partial charge in [0.05, 0.1) is 17.9 Å². The topological polar surface area (TPSA) is 58.1 Å². The molecule has 96 valence electrons. The fraction of sp³-hybridized carbons (Fsp3) is 0.500. The van der Waals surface area contributed by atoms with Gasteiger partial charge in [-0.15, -0.1) is 24.8 Å². The lowest BCUT2D eigenvalue weighted by Crippen LogP contribution is -2.57. The Hall–Kier alpha value is -0.910. The second-order valence-electron chi connectivity index (χ2n) is 3.77. The molecule has 0 bridgehead atoms. The Morgan fingerprint density at radius 2 is 2.00 bits per heavy atom. The molecule has 0 aromatic carbocycles. The quantitative estimate of drug-likeness (QED) is 0.864. The smallest absolute Gasteiger partial charge is 0.274 e. The number of aromatic nitrogens is 2. The van der Waals surface area contributed by atoms with Crippen LogP contribution < -0.4 is 5.32 Å². The van der Waals surface area contributed by atoms with E-state index in [1.165, 1.54) is 6.20 Å². The van der Waals surface area contributed by atoms with Gasteiger partial charge in [0.15, 0.2) is 0 Å². The molecule has 0 radical (unpaired) electrons. The molecule has 0 saturated carbocycles. The van der Waals surface area contributed by atoms with Gasteiger partial charge >= 0.3 is 0 Å². The number of nitrogens with zero attached hydrogens (tertiary/aromatic N) is 3. The summed E-state index contributed by atoms with van der Waals surface area (Å²) in [5.74, 6) is -0.0611. The van der Waals surface area contributed by atoms with E-state index in [0.717, 1.165) is 18.8 Å². The Kier molecular flexibility index (Phi) is 6.37. The molecule has 0 spiro atoms. The van der Waals surface area contributed by atoms with Crippen molar-refractivity contribution in [2.24, 2.45) is 0 Å². The normalized spacial score (nSPS) is 14.0. The SMILES string of the molecule is Cc1cnc(C(=O)N(C)C2CNC2)cn1.Cl.Cl. The first kappa shape index (κ1) is 16.1. The van der Waals surface area contributed by atoms with Gasteiger partial charge in [0.2, 0.25) is 0 Å². The molecule has 1 saturated heterocycles. The number of aryl methyl sites for hydroxylation is 1. The molecule has 0 atom stereocenters. The van der Waals surface area contributed by atoms with Crippen LogP contribution in [0.4, 0.5) is 0 Å². The highest BCUT2D eigenvalue weighted by Crippen LogP contribution is 2.06. The van der Waals surface area contributed by atoms with E-state index in [2.05, 4.69) is 15.3 Å². The van der Waals surface area contributed by atoms with Crippen LogP contribution in [-0.2, 0) is 0 Å². The molecule has 17 heavy (non-hydrogen) atoms. The molecule has 1 amide bonds. The number of nitrogens with one attached hydrogen (secondary N) is 1. The van der Waals surface area contributed by atoms with Gasteiger partial charge in [-0.3, -0.25) is 9.78 Å². The number of rotatable bonds is 2. The molecular formula is C10H16Cl2N4O. The minimum atomic E-state index is -0.0611. The van der Waals surface area contributed by atoms with Crippen LogP contribution in [0.3, 0.4) is 0 Å². The highest BCUT2D eigenvalue weighted by molar-refractivity contribution is 5.92. The number of carbonyl (C=O) groups is 1. The molecular weight excluding hydrogens is 263 g/mol. The third-order valence-corrected chi connectivity index (χ3v) is 2.63. The standard InChI is InChI=1S/C10H14N4O.2ClH/c1-7-3-13-9(6-12-7)10(15)14(2)8-4-11-5-8;;/h3,6,8,11H,4-5H2,1-2H3;2*1H. The van der Waals surface area contributed by atoms with Crippen molar-refractivity contribution in [3.63, 3.8) is 0 Å². The lowest BCUT2D eigenvalue weighted by molar-refractivity contribution is 0.0674. The number of carbonyl (C=O) groups excluding carboxylic acids is 1. The fourth-order valence-corrected chi connectivity index (χ4v) is 1.40. The van der Waals surface area contributed by atoms with Crippen LogP contribution in [0.2, 0.25) is 0 Å². The monoisotopic (exact) mass is 278 g/mol. The highest BCUT2D eigenvalue weighted by Gasteiger charge is 2.26. The summed E-state index contributed by atoms with van der Waals surface area (Å²) in [5.41, 5.74) is 1.23. The first-order valence-electron chi connectivity index (χ1n) is 4.95. The van der Waals surface area contributed by atoms with E-state index >= 15 is 0 Å². The largest absolute Gasteiger partial charge is 0.335 e. The zero-order chi connectivity index (χ0) is 10.8. The molecule has 5 nitrogen and oxygen atoms in total. The molecule has 1 aromatic heterocycles. The van der Waals surface area contributed by atoms with Crippen molar-refractivity contribution in [1.29, 1.82) is 0 Å². The molecule has 2 heterocycles. The molecule has 1 fully saturated rings. The van der Waals surface area contributed by atoms with E-state index in [-0.39, 0.29) is 30.7 Å². The van der Waals surface area contributed by atoms with Crippen LogP contribution in [0, 0.1) is 6.92 Å². The zero-order valence-electron chi connectivity index (χ0n) is 9.71. The molecule has 1 aliphatic rings. The Labute approximate surface area is 113 Å². The third-order valence-electron chi connectivity index (χ3n) is 2.63. The lowest BCUT2D eigenvalue weighted by Gasteiger charge is -2.35. The average molecular weight is 279 g/mol. The summed E-state index contributed by atoms with van der Waals surface area (Å²) in [6.45, 7) is 3.57. The van der Waals surface area contributed by atoms with E-state index < -0.39 is 0 Å². The van der Waals surface area contributed by atoms with Gasteiger partial charge in [0.25, 0.3) is 5.91 Å². The summed E-state index contributed by atoms with van der Waals surface area (Å²) < 4.78 is 0. The molecule has 2 rings (SSSR count). The first-order valence-corrected chi connectivity index (χ1v) is 4.95. The van der Waals surface area contributed by atoms with Crippen molar-refractivity contribution in [2.75, 3.05) is 20.1 Å². The fourth-order valence-electron chi connectivity index (χ4n) is 1.40. The molecule has 0 aliphatic carbocycles. The van der Waals surface area contributed by atoms with Crippen LogP contribution in [0.1, 0.15) is 16.2 Å².